The van der Waals surface area contributed by atoms with E-state index < -0.39 is 17.3 Å². The minimum Gasteiger partial charge on any atom is -0.497 e. The van der Waals surface area contributed by atoms with E-state index in [1.54, 1.807) is 15.9 Å². The number of carbonyl (C=O) groups is 2. The molecule has 3 aliphatic heterocycles. The van der Waals surface area contributed by atoms with Gasteiger partial charge in [0.25, 0.3) is 11.8 Å². The number of likely N-dealkylation sites (tertiary alicyclic amines) is 1. The van der Waals surface area contributed by atoms with Crippen LogP contribution in [0.1, 0.15) is 47.6 Å². The Morgan fingerprint density at radius 1 is 1.12 bits per heavy atom. The van der Waals surface area contributed by atoms with Crippen molar-refractivity contribution in [1.29, 1.82) is 0 Å². The van der Waals surface area contributed by atoms with Crippen LogP contribution in [0.5, 0.6) is 5.75 Å². The van der Waals surface area contributed by atoms with Gasteiger partial charge in [0, 0.05) is 25.9 Å². The maximum atomic E-state index is 14.2. The molecule has 8 heteroatoms. The van der Waals surface area contributed by atoms with Crippen LogP contribution in [0.25, 0.3) is 0 Å². The first-order chi connectivity index (χ1) is 15.4. The standard InChI is InChI=1S/C24H24F2N2O4/c1-31-17-5-6-19(26)18(14-17)22(29)27-11-9-24(10-12-27)23(30)28-20(7-8-21(28)32-24)15-3-2-4-16(25)13-15/h2-6,13-14,20-21H,7-12H2,1H3/t20-,21+/m0/s1. The van der Waals surface area contributed by atoms with E-state index >= 15 is 0 Å². The molecule has 0 saturated carbocycles. The van der Waals surface area contributed by atoms with E-state index in [9.17, 15) is 18.4 Å². The molecular weight excluding hydrogens is 418 g/mol. The number of ether oxygens (including phenoxy) is 2. The van der Waals surface area contributed by atoms with Crippen molar-refractivity contribution >= 4 is 11.8 Å². The number of fused-ring (bicyclic) bond motifs is 1. The quantitative estimate of drug-likeness (QED) is 0.728. The number of benzene rings is 2. The molecule has 168 valence electrons. The lowest BCUT2D eigenvalue weighted by atomic mass is 9.89. The molecule has 6 nitrogen and oxygen atoms in total. The number of piperidine rings is 1. The van der Waals surface area contributed by atoms with E-state index in [-0.39, 0.29) is 42.6 Å². The lowest BCUT2D eigenvalue weighted by molar-refractivity contribution is -0.142. The summed E-state index contributed by atoms with van der Waals surface area (Å²) in [4.78, 5) is 29.6. The van der Waals surface area contributed by atoms with Gasteiger partial charge in [0.15, 0.2) is 5.60 Å². The maximum absolute atomic E-state index is 14.2. The first kappa shape index (κ1) is 20.9. The second-order valence-corrected chi connectivity index (χ2v) is 8.57. The minimum absolute atomic E-state index is 0.0502. The molecule has 5 rings (SSSR count). The molecule has 2 amide bonds. The summed E-state index contributed by atoms with van der Waals surface area (Å²) in [5.74, 6) is -1.07. The van der Waals surface area contributed by atoms with E-state index in [1.807, 2.05) is 6.07 Å². The van der Waals surface area contributed by atoms with E-state index in [2.05, 4.69) is 0 Å². The number of hydrogen-bond acceptors (Lipinski definition) is 4. The van der Waals surface area contributed by atoms with Crippen molar-refractivity contribution in [2.75, 3.05) is 20.2 Å². The van der Waals surface area contributed by atoms with Crippen LogP contribution in [0.3, 0.4) is 0 Å². The number of nitrogens with zero attached hydrogens (tertiary/aromatic N) is 2. The van der Waals surface area contributed by atoms with Crippen LogP contribution in [0.15, 0.2) is 42.5 Å². The lowest BCUT2D eigenvalue weighted by Gasteiger charge is -2.37. The molecule has 2 atom stereocenters. The Morgan fingerprint density at radius 3 is 2.62 bits per heavy atom. The summed E-state index contributed by atoms with van der Waals surface area (Å²) in [6.07, 6.45) is 1.74. The Bertz CT molecular complexity index is 1070. The summed E-state index contributed by atoms with van der Waals surface area (Å²) >= 11 is 0. The first-order valence-electron chi connectivity index (χ1n) is 10.8. The summed E-state index contributed by atoms with van der Waals surface area (Å²) in [5, 5.41) is 0. The van der Waals surface area contributed by atoms with Gasteiger partial charge in [0.1, 0.15) is 23.6 Å². The number of methoxy groups -OCH3 is 1. The van der Waals surface area contributed by atoms with Gasteiger partial charge in [-0.2, -0.15) is 0 Å². The zero-order chi connectivity index (χ0) is 22.5. The fourth-order valence-electron chi connectivity index (χ4n) is 5.12. The zero-order valence-corrected chi connectivity index (χ0v) is 17.7. The predicted octanol–water partition coefficient (Wildman–Crippen LogP) is 3.67. The third-order valence-corrected chi connectivity index (χ3v) is 6.81. The Balaban J connectivity index is 1.31. The molecule has 0 bridgehead atoms. The molecule has 0 aliphatic carbocycles. The zero-order valence-electron chi connectivity index (χ0n) is 17.7. The maximum Gasteiger partial charge on any atom is 0.257 e. The summed E-state index contributed by atoms with van der Waals surface area (Å²) in [5.41, 5.74) is -0.270. The number of halogens is 2. The molecule has 3 saturated heterocycles. The number of amides is 2. The summed E-state index contributed by atoms with van der Waals surface area (Å²) in [6.45, 7) is 0.568. The molecule has 0 N–H and O–H groups in total. The highest BCUT2D eigenvalue weighted by atomic mass is 19.1. The van der Waals surface area contributed by atoms with Crippen molar-refractivity contribution in [3.8, 4) is 5.75 Å². The largest absolute Gasteiger partial charge is 0.497 e. The molecular formula is C24H24F2N2O4. The van der Waals surface area contributed by atoms with Crippen molar-refractivity contribution in [3.63, 3.8) is 0 Å². The van der Waals surface area contributed by atoms with Gasteiger partial charge in [-0.1, -0.05) is 12.1 Å². The Morgan fingerprint density at radius 2 is 1.91 bits per heavy atom. The van der Waals surface area contributed by atoms with Crippen LogP contribution < -0.4 is 4.74 Å². The van der Waals surface area contributed by atoms with Crippen LogP contribution in [0.2, 0.25) is 0 Å². The van der Waals surface area contributed by atoms with E-state index in [1.165, 1.54) is 37.4 Å². The van der Waals surface area contributed by atoms with Crippen molar-refractivity contribution in [1.82, 2.24) is 9.80 Å². The minimum atomic E-state index is -0.986. The molecule has 2 aromatic rings. The van der Waals surface area contributed by atoms with Gasteiger partial charge in [0.2, 0.25) is 0 Å². The number of hydrogen-bond donors (Lipinski definition) is 0. The smallest absolute Gasteiger partial charge is 0.257 e. The molecule has 0 unspecified atom stereocenters. The molecule has 0 aromatic heterocycles. The van der Waals surface area contributed by atoms with E-state index in [0.717, 1.165) is 12.0 Å². The average Bonchev–Trinajstić information content (AvgIpc) is 3.32. The average molecular weight is 442 g/mol. The fourth-order valence-corrected chi connectivity index (χ4v) is 5.12. The van der Waals surface area contributed by atoms with Gasteiger partial charge in [0.05, 0.1) is 18.7 Å². The second kappa shape index (κ2) is 7.85. The normalized spacial score (nSPS) is 24.2. The second-order valence-electron chi connectivity index (χ2n) is 8.57. The van der Waals surface area contributed by atoms with Crippen molar-refractivity contribution < 1.29 is 27.8 Å². The summed E-state index contributed by atoms with van der Waals surface area (Å²) in [7, 11) is 1.46. The van der Waals surface area contributed by atoms with Crippen molar-refractivity contribution in [2.45, 2.75) is 43.6 Å². The highest BCUT2D eigenvalue weighted by Crippen LogP contribution is 2.47. The van der Waals surface area contributed by atoms with Gasteiger partial charge in [-0.15, -0.1) is 0 Å². The van der Waals surface area contributed by atoms with E-state index in [0.29, 0.717) is 25.0 Å². The highest BCUT2D eigenvalue weighted by Gasteiger charge is 2.58. The Labute approximate surface area is 184 Å². The Hall–Kier alpha value is -3.00. The van der Waals surface area contributed by atoms with Gasteiger partial charge in [-0.3, -0.25) is 9.59 Å². The third-order valence-electron chi connectivity index (χ3n) is 6.81. The SMILES string of the molecule is COc1ccc(F)c(C(=O)N2CCC3(CC2)O[C@@H]2CC[C@@H](c4cccc(F)c4)N2C3=O)c1. The van der Waals surface area contributed by atoms with Crippen LogP contribution in [-0.4, -0.2) is 53.6 Å². The van der Waals surface area contributed by atoms with Gasteiger partial charge in [-0.05, 0) is 48.7 Å². The summed E-state index contributed by atoms with van der Waals surface area (Å²) < 4.78 is 39.3. The Kier molecular flexibility index (Phi) is 5.12. The molecule has 3 fully saturated rings. The number of carbonyl (C=O) groups excluding carboxylic acids is 2. The molecule has 0 radical (unpaired) electrons. The fraction of sp³-hybridized carbons (Fsp3) is 0.417. The third kappa shape index (κ3) is 3.33. The van der Waals surface area contributed by atoms with Crippen molar-refractivity contribution in [2.24, 2.45) is 0 Å². The van der Waals surface area contributed by atoms with Crippen LogP contribution in [0, 0.1) is 11.6 Å². The molecule has 32 heavy (non-hydrogen) atoms. The predicted molar refractivity (Wildman–Crippen MR) is 111 cm³/mol. The summed E-state index contributed by atoms with van der Waals surface area (Å²) in [6, 6.07) is 10.2. The lowest BCUT2D eigenvalue weighted by Crippen LogP contribution is -2.51. The first-order valence-corrected chi connectivity index (χ1v) is 10.8. The number of rotatable bonds is 3. The van der Waals surface area contributed by atoms with Gasteiger partial charge >= 0.3 is 0 Å². The van der Waals surface area contributed by atoms with E-state index in [4.69, 9.17) is 9.47 Å². The van der Waals surface area contributed by atoms with Crippen LogP contribution in [-0.2, 0) is 9.53 Å². The van der Waals surface area contributed by atoms with Gasteiger partial charge < -0.3 is 19.3 Å². The molecule has 3 aliphatic rings. The highest BCUT2D eigenvalue weighted by molar-refractivity contribution is 5.95. The van der Waals surface area contributed by atoms with Gasteiger partial charge in [-0.25, -0.2) is 8.78 Å². The monoisotopic (exact) mass is 442 g/mol. The van der Waals surface area contributed by atoms with Crippen molar-refractivity contribution in [3.05, 3.63) is 65.2 Å². The molecule has 1 spiro atoms. The molecule has 2 aromatic carbocycles. The molecule has 3 heterocycles. The van der Waals surface area contributed by atoms with Crippen LogP contribution >= 0.6 is 0 Å². The van der Waals surface area contributed by atoms with Crippen LogP contribution in [0.4, 0.5) is 8.78 Å². The topological polar surface area (TPSA) is 59.1 Å².